The number of aromatic carboxylic acids is 1. The molecule has 0 saturated carbocycles. The second kappa shape index (κ2) is 4.56. The molecule has 0 amide bonds. The number of benzene rings is 1. The predicted molar refractivity (Wildman–Crippen MR) is 65.7 cm³/mol. The van der Waals surface area contributed by atoms with Crippen LogP contribution >= 0.6 is 0 Å². The Morgan fingerprint density at radius 3 is 2.28 bits per heavy atom. The molecule has 0 radical (unpaired) electrons. The Balaban J connectivity index is 3.09. The summed E-state index contributed by atoms with van der Waals surface area (Å²) in [7, 11) is -3.66. The highest BCUT2D eigenvalue weighted by molar-refractivity contribution is 7.94. The van der Waals surface area contributed by atoms with Crippen LogP contribution in [-0.2, 0) is 10.0 Å². The number of carboxylic acids is 1. The standard InChI is InChI=1S/C11H14FNO4S/c1-11(2,3)18(16,17)13-7-4-5-8(10(14)15)9(12)6-7/h4-6,13H,1-3H3,(H,14,15). The van der Waals surface area contributed by atoms with Gasteiger partial charge in [0.05, 0.1) is 16.0 Å². The van der Waals surface area contributed by atoms with Gasteiger partial charge < -0.3 is 5.11 Å². The molecule has 18 heavy (non-hydrogen) atoms. The van der Waals surface area contributed by atoms with Crippen molar-refractivity contribution in [3.05, 3.63) is 29.6 Å². The van der Waals surface area contributed by atoms with Gasteiger partial charge in [-0.1, -0.05) is 0 Å². The SMILES string of the molecule is CC(C)(C)S(=O)(=O)Nc1ccc(C(=O)O)c(F)c1. The summed E-state index contributed by atoms with van der Waals surface area (Å²) in [6, 6.07) is 3.06. The lowest BCUT2D eigenvalue weighted by molar-refractivity contribution is 0.0692. The number of hydrogen-bond donors (Lipinski definition) is 2. The third kappa shape index (κ3) is 2.98. The minimum atomic E-state index is -3.66. The van der Waals surface area contributed by atoms with Crippen molar-refractivity contribution in [1.29, 1.82) is 0 Å². The first-order chi connectivity index (χ1) is 8.04. The van der Waals surface area contributed by atoms with E-state index in [-0.39, 0.29) is 5.69 Å². The minimum Gasteiger partial charge on any atom is -0.478 e. The molecule has 0 heterocycles. The van der Waals surface area contributed by atoms with Gasteiger partial charge in [-0.3, -0.25) is 4.72 Å². The normalized spacial score (nSPS) is 12.2. The fraction of sp³-hybridized carbons (Fsp3) is 0.364. The van der Waals surface area contributed by atoms with Crippen molar-refractivity contribution in [1.82, 2.24) is 0 Å². The van der Waals surface area contributed by atoms with Gasteiger partial charge in [0.1, 0.15) is 5.82 Å². The predicted octanol–water partition coefficient (Wildman–Crippen LogP) is 2.06. The number of carboxylic acid groups (broad SMARTS) is 1. The number of anilines is 1. The maximum atomic E-state index is 13.4. The molecule has 0 aliphatic heterocycles. The second-order valence-corrected chi connectivity index (χ2v) is 7.15. The van der Waals surface area contributed by atoms with Crippen LogP contribution < -0.4 is 4.72 Å². The van der Waals surface area contributed by atoms with E-state index in [1.165, 1.54) is 26.8 Å². The Morgan fingerprint density at radius 1 is 1.33 bits per heavy atom. The quantitative estimate of drug-likeness (QED) is 0.884. The van der Waals surface area contributed by atoms with Gasteiger partial charge >= 0.3 is 5.97 Å². The van der Waals surface area contributed by atoms with E-state index in [9.17, 15) is 17.6 Å². The molecule has 0 aromatic heterocycles. The maximum absolute atomic E-state index is 13.4. The van der Waals surface area contributed by atoms with Gasteiger partial charge in [0.15, 0.2) is 0 Å². The molecule has 1 rings (SSSR count). The molecule has 0 unspecified atom stereocenters. The van der Waals surface area contributed by atoms with E-state index < -0.39 is 32.1 Å². The monoisotopic (exact) mass is 275 g/mol. The molecule has 1 aromatic rings. The molecular formula is C11H14FNO4S. The molecule has 0 atom stereocenters. The van der Waals surface area contributed by atoms with Gasteiger partial charge in [0, 0.05) is 0 Å². The van der Waals surface area contributed by atoms with E-state index in [1.807, 2.05) is 0 Å². The number of nitrogens with one attached hydrogen (secondary N) is 1. The fourth-order valence-electron chi connectivity index (χ4n) is 1.06. The first kappa shape index (κ1) is 14.4. The summed E-state index contributed by atoms with van der Waals surface area (Å²) in [6.07, 6.45) is 0. The van der Waals surface area contributed by atoms with E-state index in [0.717, 1.165) is 12.1 Å². The molecule has 0 fully saturated rings. The number of hydrogen-bond acceptors (Lipinski definition) is 3. The lowest BCUT2D eigenvalue weighted by Crippen LogP contribution is -2.33. The van der Waals surface area contributed by atoms with Crippen molar-refractivity contribution in [2.75, 3.05) is 4.72 Å². The summed E-state index contributed by atoms with van der Waals surface area (Å²) >= 11 is 0. The number of sulfonamides is 1. The highest BCUT2D eigenvalue weighted by Gasteiger charge is 2.29. The molecule has 5 nitrogen and oxygen atoms in total. The number of rotatable bonds is 3. The highest BCUT2D eigenvalue weighted by Crippen LogP contribution is 2.21. The van der Waals surface area contributed by atoms with Crippen molar-refractivity contribution >= 4 is 21.7 Å². The van der Waals surface area contributed by atoms with Crippen molar-refractivity contribution in [3.63, 3.8) is 0 Å². The Bertz CT molecular complexity index is 575. The molecule has 1 aromatic carbocycles. The van der Waals surface area contributed by atoms with Crippen LogP contribution in [-0.4, -0.2) is 24.2 Å². The fourth-order valence-corrected chi connectivity index (χ4v) is 1.80. The van der Waals surface area contributed by atoms with Gasteiger partial charge in [-0.15, -0.1) is 0 Å². The number of carbonyl (C=O) groups is 1. The Labute approximate surface area is 105 Å². The van der Waals surface area contributed by atoms with E-state index in [1.54, 1.807) is 0 Å². The van der Waals surface area contributed by atoms with Gasteiger partial charge in [-0.05, 0) is 39.0 Å². The van der Waals surface area contributed by atoms with Crippen LogP contribution in [0.1, 0.15) is 31.1 Å². The molecule has 0 aliphatic rings. The zero-order valence-corrected chi connectivity index (χ0v) is 11.0. The minimum absolute atomic E-state index is 0.00701. The summed E-state index contributed by atoms with van der Waals surface area (Å²) in [5.41, 5.74) is -0.513. The van der Waals surface area contributed by atoms with Crippen molar-refractivity contribution in [2.45, 2.75) is 25.5 Å². The van der Waals surface area contributed by atoms with Gasteiger partial charge in [-0.25, -0.2) is 17.6 Å². The third-order valence-corrected chi connectivity index (χ3v) is 4.37. The summed E-state index contributed by atoms with van der Waals surface area (Å²) in [4.78, 5) is 10.6. The van der Waals surface area contributed by atoms with Crippen LogP contribution in [0.3, 0.4) is 0 Å². The summed E-state index contributed by atoms with van der Waals surface area (Å²) in [6.45, 7) is 4.49. The lowest BCUT2D eigenvalue weighted by Gasteiger charge is -2.20. The van der Waals surface area contributed by atoms with Crippen LogP contribution in [0.15, 0.2) is 18.2 Å². The van der Waals surface area contributed by atoms with Crippen LogP contribution in [0, 0.1) is 5.82 Å². The van der Waals surface area contributed by atoms with E-state index in [2.05, 4.69) is 4.72 Å². The lowest BCUT2D eigenvalue weighted by atomic mass is 10.2. The zero-order chi connectivity index (χ0) is 14.1. The van der Waals surface area contributed by atoms with E-state index in [4.69, 9.17) is 5.11 Å². The van der Waals surface area contributed by atoms with Crippen LogP contribution in [0.25, 0.3) is 0 Å². The van der Waals surface area contributed by atoms with Crippen LogP contribution in [0.4, 0.5) is 10.1 Å². The highest BCUT2D eigenvalue weighted by atomic mass is 32.2. The Morgan fingerprint density at radius 2 is 1.89 bits per heavy atom. The van der Waals surface area contributed by atoms with Crippen molar-refractivity contribution in [2.24, 2.45) is 0 Å². The largest absolute Gasteiger partial charge is 0.478 e. The molecule has 0 saturated heterocycles. The van der Waals surface area contributed by atoms with Gasteiger partial charge in [0.25, 0.3) is 0 Å². The maximum Gasteiger partial charge on any atom is 0.338 e. The average molecular weight is 275 g/mol. The van der Waals surface area contributed by atoms with Gasteiger partial charge in [-0.2, -0.15) is 0 Å². The first-order valence-electron chi connectivity index (χ1n) is 5.10. The van der Waals surface area contributed by atoms with Crippen LogP contribution in [0.5, 0.6) is 0 Å². The molecule has 100 valence electrons. The summed E-state index contributed by atoms with van der Waals surface area (Å²) in [5, 5.41) is 8.64. The molecule has 0 bridgehead atoms. The Hall–Kier alpha value is -1.63. The van der Waals surface area contributed by atoms with E-state index >= 15 is 0 Å². The smallest absolute Gasteiger partial charge is 0.338 e. The molecule has 0 spiro atoms. The topological polar surface area (TPSA) is 83.5 Å². The summed E-state index contributed by atoms with van der Waals surface area (Å²) < 4.78 is 38.1. The first-order valence-corrected chi connectivity index (χ1v) is 6.58. The molecule has 0 aliphatic carbocycles. The van der Waals surface area contributed by atoms with Crippen LogP contribution in [0.2, 0.25) is 0 Å². The van der Waals surface area contributed by atoms with Gasteiger partial charge in [0.2, 0.25) is 10.0 Å². The molecular weight excluding hydrogens is 261 g/mol. The molecule has 7 heteroatoms. The second-order valence-electron chi connectivity index (χ2n) is 4.72. The Kier molecular flexibility index (Phi) is 3.66. The number of halogens is 1. The average Bonchev–Trinajstić information content (AvgIpc) is 2.14. The van der Waals surface area contributed by atoms with E-state index in [0.29, 0.717) is 0 Å². The summed E-state index contributed by atoms with van der Waals surface area (Å²) in [5.74, 6) is -2.39. The van der Waals surface area contributed by atoms with Crippen molar-refractivity contribution in [3.8, 4) is 0 Å². The third-order valence-electron chi connectivity index (χ3n) is 2.26. The molecule has 2 N–H and O–H groups in total. The zero-order valence-electron chi connectivity index (χ0n) is 10.2. The van der Waals surface area contributed by atoms with Crippen molar-refractivity contribution < 1.29 is 22.7 Å².